The van der Waals surface area contributed by atoms with E-state index < -0.39 is 5.54 Å². The molecule has 0 aliphatic heterocycles. The molecule has 14 heavy (non-hydrogen) atoms. The molecule has 0 radical (unpaired) electrons. The van der Waals surface area contributed by atoms with Gasteiger partial charge < -0.3 is 10.3 Å². The molecule has 0 aliphatic rings. The van der Waals surface area contributed by atoms with Crippen molar-refractivity contribution >= 4 is 0 Å². The zero-order valence-electron chi connectivity index (χ0n) is 9.37. The van der Waals surface area contributed by atoms with Gasteiger partial charge in [0.25, 0.3) is 0 Å². The summed E-state index contributed by atoms with van der Waals surface area (Å²) in [7, 11) is 0. The van der Waals surface area contributed by atoms with Crippen molar-refractivity contribution in [3.8, 4) is 0 Å². The lowest BCUT2D eigenvalue weighted by atomic mass is 9.84. The van der Waals surface area contributed by atoms with E-state index in [-0.39, 0.29) is 0 Å². The van der Waals surface area contributed by atoms with Crippen molar-refractivity contribution in [2.45, 2.75) is 46.1 Å². The molecule has 2 N–H and O–H groups in total. The van der Waals surface area contributed by atoms with E-state index in [1.165, 1.54) is 0 Å². The molecule has 80 valence electrons. The molecule has 0 saturated carbocycles. The van der Waals surface area contributed by atoms with Crippen LogP contribution in [0, 0.1) is 5.92 Å². The van der Waals surface area contributed by atoms with E-state index in [4.69, 9.17) is 10.3 Å². The third-order valence-electron chi connectivity index (χ3n) is 2.80. The lowest BCUT2D eigenvalue weighted by Crippen LogP contribution is -2.42. The van der Waals surface area contributed by atoms with Crippen molar-refractivity contribution < 1.29 is 4.52 Å². The lowest BCUT2D eigenvalue weighted by Gasteiger charge is -2.28. The molecule has 0 aromatic carbocycles. The highest BCUT2D eigenvalue weighted by atomic mass is 16.5. The van der Waals surface area contributed by atoms with E-state index in [1.807, 2.05) is 13.8 Å². The fourth-order valence-electron chi connectivity index (χ4n) is 1.41. The molecule has 0 saturated heterocycles. The summed E-state index contributed by atoms with van der Waals surface area (Å²) in [6.07, 6.45) is 1.57. The fraction of sp³-hybridized carbons (Fsp3) is 0.800. The first-order chi connectivity index (χ1) is 6.54. The van der Waals surface area contributed by atoms with Gasteiger partial charge in [-0.05, 0) is 12.3 Å². The minimum Gasteiger partial charge on any atom is -0.339 e. The van der Waals surface area contributed by atoms with Crippen LogP contribution >= 0.6 is 0 Å². The van der Waals surface area contributed by atoms with Crippen molar-refractivity contribution in [1.82, 2.24) is 10.1 Å². The van der Waals surface area contributed by atoms with Crippen molar-refractivity contribution in [2.24, 2.45) is 11.7 Å². The largest absolute Gasteiger partial charge is 0.339 e. The average molecular weight is 197 g/mol. The summed E-state index contributed by atoms with van der Waals surface area (Å²) in [5, 5.41) is 3.94. The van der Waals surface area contributed by atoms with Crippen molar-refractivity contribution in [2.75, 3.05) is 0 Å². The Morgan fingerprint density at radius 3 is 2.43 bits per heavy atom. The van der Waals surface area contributed by atoms with Crippen molar-refractivity contribution in [3.63, 3.8) is 0 Å². The van der Waals surface area contributed by atoms with Crippen LogP contribution in [0.4, 0.5) is 0 Å². The summed E-state index contributed by atoms with van der Waals surface area (Å²) in [6, 6.07) is 0. The van der Waals surface area contributed by atoms with Crippen LogP contribution in [-0.2, 0) is 12.0 Å². The van der Waals surface area contributed by atoms with Crippen LogP contribution in [0.2, 0.25) is 0 Å². The predicted octanol–water partition coefficient (Wildman–Crippen LogP) is 1.85. The van der Waals surface area contributed by atoms with Gasteiger partial charge in [-0.25, -0.2) is 0 Å². The number of hydrogen-bond acceptors (Lipinski definition) is 4. The molecule has 1 aromatic heterocycles. The van der Waals surface area contributed by atoms with Gasteiger partial charge in [-0.1, -0.05) is 32.9 Å². The minimum atomic E-state index is -0.461. The van der Waals surface area contributed by atoms with Gasteiger partial charge >= 0.3 is 0 Å². The molecular weight excluding hydrogens is 178 g/mol. The maximum atomic E-state index is 6.24. The van der Waals surface area contributed by atoms with Gasteiger partial charge in [0.15, 0.2) is 5.82 Å². The van der Waals surface area contributed by atoms with Gasteiger partial charge in [-0.3, -0.25) is 0 Å². The highest BCUT2D eigenvalue weighted by Gasteiger charge is 2.34. The summed E-state index contributed by atoms with van der Waals surface area (Å²) in [5.41, 5.74) is 5.78. The van der Waals surface area contributed by atoms with E-state index in [2.05, 4.69) is 24.0 Å². The third-order valence-corrected chi connectivity index (χ3v) is 2.80. The first-order valence-electron chi connectivity index (χ1n) is 5.16. The Bertz CT molecular complexity index is 295. The number of nitrogens with two attached hydrogens (primary N) is 1. The summed E-state index contributed by atoms with van der Waals surface area (Å²) in [6.45, 7) is 8.18. The van der Waals surface area contributed by atoms with Crippen molar-refractivity contribution in [1.29, 1.82) is 0 Å². The Kier molecular flexibility index (Phi) is 3.26. The molecule has 0 spiro atoms. The number of hydrogen-bond donors (Lipinski definition) is 1. The predicted molar refractivity (Wildman–Crippen MR) is 54.7 cm³/mol. The maximum absolute atomic E-state index is 6.24. The van der Waals surface area contributed by atoms with Gasteiger partial charge in [-0.15, -0.1) is 0 Å². The highest BCUT2D eigenvalue weighted by molar-refractivity contribution is 5.05. The Balaban J connectivity index is 3.00. The molecule has 1 rings (SSSR count). The molecular formula is C10H19N3O. The van der Waals surface area contributed by atoms with E-state index in [0.29, 0.717) is 17.6 Å². The van der Waals surface area contributed by atoms with Crippen LogP contribution < -0.4 is 5.73 Å². The van der Waals surface area contributed by atoms with E-state index in [0.717, 1.165) is 12.8 Å². The monoisotopic (exact) mass is 197 g/mol. The summed E-state index contributed by atoms with van der Waals surface area (Å²) >= 11 is 0. The summed E-state index contributed by atoms with van der Waals surface area (Å²) in [4.78, 5) is 4.29. The second-order valence-electron chi connectivity index (χ2n) is 3.91. The topological polar surface area (TPSA) is 64.9 Å². The smallest absolute Gasteiger partial charge is 0.226 e. The molecule has 0 fully saturated rings. The van der Waals surface area contributed by atoms with E-state index in [1.54, 1.807) is 0 Å². The normalized spacial score (nSPS) is 15.9. The highest BCUT2D eigenvalue weighted by Crippen LogP contribution is 2.27. The van der Waals surface area contributed by atoms with Crippen molar-refractivity contribution in [3.05, 3.63) is 11.7 Å². The molecule has 0 aliphatic carbocycles. The fourth-order valence-corrected chi connectivity index (χ4v) is 1.41. The standard InChI is InChI=1S/C10H19N3O/c1-5-8-12-9(13-14-8)10(11,6-2)7(3)4/h7H,5-6,11H2,1-4H3. The van der Waals surface area contributed by atoms with E-state index >= 15 is 0 Å². The van der Waals surface area contributed by atoms with Gasteiger partial charge in [0.1, 0.15) is 0 Å². The maximum Gasteiger partial charge on any atom is 0.226 e. The third kappa shape index (κ3) is 1.80. The number of aromatic nitrogens is 2. The summed E-state index contributed by atoms with van der Waals surface area (Å²) in [5.74, 6) is 1.59. The second kappa shape index (κ2) is 4.09. The molecule has 1 aromatic rings. The van der Waals surface area contributed by atoms with Crippen LogP contribution in [0.15, 0.2) is 4.52 Å². The van der Waals surface area contributed by atoms with Crippen LogP contribution in [0.3, 0.4) is 0 Å². The Morgan fingerprint density at radius 1 is 1.43 bits per heavy atom. The van der Waals surface area contributed by atoms with Crippen LogP contribution in [0.1, 0.15) is 45.8 Å². The van der Waals surface area contributed by atoms with Gasteiger partial charge in [0.2, 0.25) is 5.89 Å². The van der Waals surface area contributed by atoms with Crippen LogP contribution in [-0.4, -0.2) is 10.1 Å². The number of aryl methyl sites for hydroxylation is 1. The van der Waals surface area contributed by atoms with Gasteiger partial charge in [0.05, 0.1) is 5.54 Å². The molecule has 0 bridgehead atoms. The first-order valence-corrected chi connectivity index (χ1v) is 5.16. The van der Waals surface area contributed by atoms with E-state index in [9.17, 15) is 0 Å². The molecule has 1 atom stereocenters. The summed E-state index contributed by atoms with van der Waals surface area (Å²) < 4.78 is 5.07. The average Bonchev–Trinajstić information content (AvgIpc) is 2.64. The Morgan fingerprint density at radius 2 is 2.07 bits per heavy atom. The Labute approximate surface area is 84.9 Å². The zero-order valence-corrected chi connectivity index (χ0v) is 9.37. The minimum absolute atomic E-state index is 0.301. The number of nitrogens with zero attached hydrogens (tertiary/aromatic N) is 2. The zero-order chi connectivity index (χ0) is 10.8. The second-order valence-corrected chi connectivity index (χ2v) is 3.91. The van der Waals surface area contributed by atoms with Crippen LogP contribution in [0.25, 0.3) is 0 Å². The first kappa shape index (κ1) is 11.2. The van der Waals surface area contributed by atoms with Gasteiger partial charge in [-0.2, -0.15) is 4.98 Å². The molecule has 1 unspecified atom stereocenters. The molecule has 1 heterocycles. The van der Waals surface area contributed by atoms with Crippen LogP contribution in [0.5, 0.6) is 0 Å². The molecule has 4 nitrogen and oxygen atoms in total. The lowest BCUT2D eigenvalue weighted by molar-refractivity contribution is 0.272. The quantitative estimate of drug-likeness (QED) is 0.800. The number of rotatable bonds is 4. The molecule has 0 amide bonds. The SMILES string of the molecule is CCc1nc(C(N)(CC)C(C)C)no1. The molecule has 4 heteroatoms. The Hall–Kier alpha value is -0.900. The van der Waals surface area contributed by atoms with Gasteiger partial charge in [0, 0.05) is 6.42 Å².